The standard InChI is InChI=1S/C17H16BrFOS/c18-17-12(6-4-7-13(17)19)9-14(20)16-10-11-5-2-1-3-8-15(11)21-16/h4,6-7,10H,1-3,5,8-9H2. The summed E-state index contributed by atoms with van der Waals surface area (Å²) in [4.78, 5) is 14.6. The molecule has 110 valence electrons. The van der Waals surface area contributed by atoms with Crippen LogP contribution in [0.2, 0.25) is 0 Å². The average Bonchev–Trinajstić information content (AvgIpc) is 2.75. The summed E-state index contributed by atoms with van der Waals surface area (Å²) < 4.78 is 13.9. The first-order chi connectivity index (χ1) is 10.1. The number of Topliss-reactive ketones (excluding diaryl/α,β-unsaturated/α-hetero) is 1. The largest absolute Gasteiger partial charge is 0.293 e. The van der Waals surface area contributed by atoms with Gasteiger partial charge >= 0.3 is 0 Å². The van der Waals surface area contributed by atoms with Crippen molar-refractivity contribution in [2.75, 3.05) is 0 Å². The summed E-state index contributed by atoms with van der Waals surface area (Å²) >= 11 is 4.85. The van der Waals surface area contributed by atoms with Crippen molar-refractivity contribution in [3.05, 3.63) is 55.4 Å². The Bertz CT molecular complexity index is 654. The number of ketones is 1. The molecule has 0 saturated carbocycles. The normalized spacial score (nSPS) is 14.6. The van der Waals surface area contributed by atoms with Crippen LogP contribution in [-0.2, 0) is 19.3 Å². The number of carbonyl (C=O) groups is 1. The molecule has 1 aliphatic rings. The molecular formula is C17H16BrFOS. The van der Waals surface area contributed by atoms with Crippen molar-refractivity contribution in [3.8, 4) is 0 Å². The Morgan fingerprint density at radius 3 is 2.90 bits per heavy atom. The summed E-state index contributed by atoms with van der Waals surface area (Å²) in [5.74, 6) is -0.235. The van der Waals surface area contributed by atoms with Crippen molar-refractivity contribution in [3.63, 3.8) is 0 Å². The Morgan fingerprint density at radius 2 is 2.05 bits per heavy atom. The lowest BCUT2D eigenvalue weighted by atomic mass is 10.1. The fourth-order valence-corrected chi connectivity index (χ4v) is 4.35. The molecule has 0 N–H and O–H groups in total. The summed E-state index contributed by atoms with van der Waals surface area (Å²) in [6.45, 7) is 0. The third kappa shape index (κ3) is 3.27. The number of rotatable bonds is 3. The Labute approximate surface area is 136 Å². The number of carbonyl (C=O) groups excluding carboxylic acids is 1. The predicted octanol–water partition coefficient (Wildman–Crippen LogP) is 5.34. The highest BCUT2D eigenvalue weighted by molar-refractivity contribution is 9.10. The minimum atomic E-state index is -0.317. The van der Waals surface area contributed by atoms with E-state index in [2.05, 4.69) is 22.0 Å². The summed E-state index contributed by atoms with van der Waals surface area (Å²) in [5.41, 5.74) is 2.06. The van der Waals surface area contributed by atoms with Crippen LogP contribution in [0.4, 0.5) is 4.39 Å². The van der Waals surface area contributed by atoms with E-state index in [0.29, 0.717) is 10.0 Å². The van der Waals surface area contributed by atoms with E-state index in [4.69, 9.17) is 0 Å². The fraction of sp³-hybridized carbons (Fsp3) is 0.353. The summed E-state index contributed by atoms with van der Waals surface area (Å²) in [6.07, 6.45) is 6.14. The third-order valence-corrected chi connectivity index (χ3v) is 6.07. The van der Waals surface area contributed by atoms with E-state index in [1.807, 2.05) is 0 Å². The van der Waals surface area contributed by atoms with Crippen molar-refractivity contribution in [1.29, 1.82) is 0 Å². The molecule has 0 unspecified atom stereocenters. The molecule has 0 amide bonds. The van der Waals surface area contributed by atoms with Crippen LogP contribution in [0.3, 0.4) is 0 Å². The van der Waals surface area contributed by atoms with Crippen molar-refractivity contribution >= 4 is 33.0 Å². The molecule has 0 saturated heterocycles. The molecule has 1 heterocycles. The first-order valence-corrected chi connectivity index (χ1v) is 8.84. The molecule has 4 heteroatoms. The number of benzene rings is 1. The van der Waals surface area contributed by atoms with Crippen molar-refractivity contribution in [1.82, 2.24) is 0 Å². The molecule has 0 bridgehead atoms. The molecule has 0 spiro atoms. The van der Waals surface area contributed by atoms with E-state index >= 15 is 0 Å². The maximum Gasteiger partial charge on any atom is 0.177 e. The molecule has 0 atom stereocenters. The van der Waals surface area contributed by atoms with Gasteiger partial charge in [-0.25, -0.2) is 4.39 Å². The van der Waals surface area contributed by atoms with Gasteiger partial charge in [0.05, 0.1) is 9.35 Å². The van der Waals surface area contributed by atoms with Crippen molar-refractivity contribution < 1.29 is 9.18 Å². The number of hydrogen-bond acceptors (Lipinski definition) is 2. The molecular weight excluding hydrogens is 351 g/mol. The molecule has 3 rings (SSSR count). The van der Waals surface area contributed by atoms with E-state index in [1.54, 1.807) is 23.5 Å². The van der Waals surface area contributed by atoms with Gasteiger partial charge in [0, 0.05) is 11.3 Å². The zero-order valence-electron chi connectivity index (χ0n) is 11.6. The number of fused-ring (bicyclic) bond motifs is 1. The number of thiophene rings is 1. The number of aryl methyl sites for hydroxylation is 2. The summed E-state index contributed by atoms with van der Waals surface area (Å²) in [6, 6.07) is 6.89. The average molecular weight is 367 g/mol. The molecule has 1 nitrogen and oxygen atoms in total. The van der Waals surface area contributed by atoms with Crippen LogP contribution in [0.1, 0.15) is 44.9 Å². The molecule has 1 aromatic heterocycles. The topological polar surface area (TPSA) is 17.1 Å². The van der Waals surface area contributed by atoms with E-state index in [9.17, 15) is 9.18 Å². The van der Waals surface area contributed by atoms with E-state index < -0.39 is 0 Å². The molecule has 0 radical (unpaired) electrons. The van der Waals surface area contributed by atoms with Gasteiger partial charge in [0.25, 0.3) is 0 Å². The molecule has 1 aromatic carbocycles. The lowest BCUT2D eigenvalue weighted by Crippen LogP contribution is -2.02. The number of hydrogen-bond donors (Lipinski definition) is 0. The van der Waals surface area contributed by atoms with E-state index in [1.165, 1.54) is 35.8 Å². The molecule has 1 aliphatic carbocycles. The van der Waals surface area contributed by atoms with Crippen LogP contribution in [-0.4, -0.2) is 5.78 Å². The van der Waals surface area contributed by atoms with E-state index in [0.717, 1.165) is 17.7 Å². The van der Waals surface area contributed by atoms with Crippen molar-refractivity contribution in [2.24, 2.45) is 0 Å². The van der Waals surface area contributed by atoms with E-state index in [-0.39, 0.29) is 18.0 Å². The van der Waals surface area contributed by atoms with Gasteiger partial charge in [0.1, 0.15) is 5.82 Å². The molecule has 21 heavy (non-hydrogen) atoms. The number of halogens is 2. The zero-order valence-corrected chi connectivity index (χ0v) is 14.0. The highest BCUT2D eigenvalue weighted by Crippen LogP contribution is 2.30. The maximum absolute atomic E-state index is 13.5. The van der Waals surface area contributed by atoms with Crippen LogP contribution >= 0.6 is 27.3 Å². The van der Waals surface area contributed by atoms with Gasteiger partial charge < -0.3 is 0 Å². The van der Waals surface area contributed by atoms with Gasteiger partial charge in [-0.15, -0.1) is 11.3 Å². The fourth-order valence-electron chi connectivity index (χ4n) is 2.75. The van der Waals surface area contributed by atoms with Crippen LogP contribution < -0.4 is 0 Å². The lowest BCUT2D eigenvalue weighted by Gasteiger charge is -2.03. The second-order valence-corrected chi connectivity index (χ2v) is 7.36. The molecule has 0 aliphatic heterocycles. The second-order valence-electron chi connectivity index (χ2n) is 5.43. The Morgan fingerprint density at radius 1 is 1.24 bits per heavy atom. The molecule has 2 aromatic rings. The van der Waals surface area contributed by atoms with Crippen LogP contribution in [0.25, 0.3) is 0 Å². The second kappa shape index (κ2) is 6.41. The van der Waals surface area contributed by atoms with Gasteiger partial charge in [-0.3, -0.25) is 4.79 Å². The van der Waals surface area contributed by atoms with Gasteiger partial charge in [0.15, 0.2) is 5.78 Å². The van der Waals surface area contributed by atoms with Gasteiger partial charge in [-0.1, -0.05) is 18.6 Å². The monoisotopic (exact) mass is 366 g/mol. The highest BCUT2D eigenvalue weighted by atomic mass is 79.9. The Hall–Kier alpha value is -1.00. The van der Waals surface area contributed by atoms with Crippen LogP contribution in [0.15, 0.2) is 28.7 Å². The van der Waals surface area contributed by atoms with Crippen molar-refractivity contribution in [2.45, 2.75) is 38.5 Å². The smallest absolute Gasteiger partial charge is 0.177 e. The minimum absolute atomic E-state index is 0.0828. The maximum atomic E-state index is 13.5. The Kier molecular flexibility index (Phi) is 4.55. The van der Waals surface area contributed by atoms with Crippen LogP contribution in [0, 0.1) is 5.82 Å². The first-order valence-electron chi connectivity index (χ1n) is 7.23. The lowest BCUT2D eigenvalue weighted by molar-refractivity contribution is 0.0996. The van der Waals surface area contributed by atoms with Crippen LogP contribution in [0.5, 0.6) is 0 Å². The molecule has 0 fully saturated rings. The quantitative estimate of drug-likeness (QED) is 0.528. The first kappa shape index (κ1) is 14.9. The van der Waals surface area contributed by atoms with Gasteiger partial charge in [-0.2, -0.15) is 0 Å². The predicted molar refractivity (Wildman–Crippen MR) is 87.7 cm³/mol. The summed E-state index contributed by atoms with van der Waals surface area (Å²) in [7, 11) is 0. The minimum Gasteiger partial charge on any atom is -0.293 e. The van der Waals surface area contributed by atoms with Gasteiger partial charge in [-0.05, 0) is 64.9 Å². The highest BCUT2D eigenvalue weighted by Gasteiger charge is 2.18. The third-order valence-electron chi connectivity index (χ3n) is 3.90. The summed E-state index contributed by atoms with van der Waals surface area (Å²) in [5, 5.41) is 0. The van der Waals surface area contributed by atoms with Gasteiger partial charge in [0.2, 0.25) is 0 Å². The Balaban J connectivity index is 1.81. The zero-order chi connectivity index (χ0) is 14.8. The SMILES string of the molecule is O=C(Cc1cccc(F)c1Br)c1cc2c(s1)CCCCC2.